The summed E-state index contributed by atoms with van der Waals surface area (Å²) in [5.74, 6) is 0. The fourth-order valence-corrected chi connectivity index (χ4v) is 2.07. The molecule has 1 aliphatic rings. The first-order valence-electron chi connectivity index (χ1n) is 8.97. The standard InChI is InChI=1S/C14H30N5.C3H8.CH3.Co/c1-18(2)13-14-19-11-4-7-16-9-8-15-5-3-6-17-10-12-19;1-3-2;;/h3-14H2,1-2H3;3H2,1-2H3;1H3;/q-3;;-1;. The maximum Gasteiger partial charge on any atom is 0.0108 e. The van der Waals surface area contributed by atoms with E-state index in [1.54, 1.807) is 0 Å². The summed E-state index contributed by atoms with van der Waals surface area (Å²) in [5, 5.41) is 13.6. The second-order valence-electron chi connectivity index (χ2n) is 6.07. The van der Waals surface area contributed by atoms with E-state index in [0.29, 0.717) is 0 Å². The SMILES string of the molecule is CCC.CN(C)CCN1CCC[N-]CC[N-]CCC[N-]CC1.[CH3-].[Co]. The van der Waals surface area contributed by atoms with Crippen molar-refractivity contribution in [1.29, 1.82) is 0 Å². The molecule has 0 bridgehead atoms. The van der Waals surface area contributed by atoms with Gasteiger partial charge in [-0.2, -0.15) is 26.2 Å². The Balaban J connectivity index is -0.000000818. The Labute approximate surface area is 162 Å². The van der Waals surface area contributed by atoms with Crippen molar-refractivity contribution in [2.45, 2.75) is 33.1 Å². The van der Waals surface area contributed by atoms with Crippen LogP contribution in [0.2, 0.25) is 0 Å². The van der Waals surface area contributed by atoms with Crippen LogP contribution in [-0.4, -0.2) is 89.3 Å². The summed E-state index contributed by atoms with van der Waals surface area (Å²) < 4.78 is 0. The molecule has 0 N–H and O–H groups in total. The Morgan fingerprint density at radius 2 is 1.29 bits per heavy atom. The van der Waals surface area contributed by atoms with Crippen molar-refractivity contribution in [3.05, 3.63) is 23.4 Å². The van der Waals surface area contributed by atoms with Crippen molar-refractivity contribution in [2.24, 2.45) is 0 Å². The van der Waals surface area contributed by atoms with Gasteiger partial charge in [-0.1, -0.05) is 33.1 Å². The fraction of sp³-hybridized carbons (Fsp3) is 0.944. The van der Waals surface area contributed by atoms with Gasteiger partial charge in [0.05, 0.1) is 0 Å². The molecule has 1 radical (unpaired) electrons. The molecule has 0 unspecified atom stereocenters. The smallest absolute Gasteiger partial charge is 0.0108 e. The molecule has 0 aromatic heterocycles. The molecule has 1 fully saturated rings. The van der Waals surface area contributed by atoms with E-state index in [1.165, 1.54) is 6.42 Å². The minimum atomic E-state index is 0. The van der Waals surface area contributed by atoms with Gasteiger partial charge in [-0.3, -0.25) is 0 Å². The predicted molar refractivity (Wildman–Crippen MR) is 106 cm³/mol. The Morgan fingerprint density at radius 1 is 0.792 bits per heavy atom. The summed E-state index contributed by atoms with van der Waals surface area (Å²) in [6.07, 6.45) is 3.51. The molecule has 0 saturated carbocycles. The second kappa shape index (κ2) is 23.3. The van der Waals surface area contributed by atoms with Gasteiger partial charge >= 0.3 is 0 Å². The van der Waals surface area contributed by atoms with Crippen molar-refractivity contribution in [3.8, 4) is 0 Å². The van der Waals surface area contributed by atoms with Gasteiger partial charge in [0.1, 0.15) is 0 Å². The van der Waals surface area contributed by atoms with Crippen LogP contribution in [0.25, 0.3) is 16.0 Å². The molecular weight excluding hydrogens is 345 g/mol. The minimum Gasteiger partial charge on any atom is -0.664 e. The maximum atomic E-state index is 4.60. The quantitative estimate of drug-likeness (QED) is 0.696. The van der Waals surface area contributed by atoms with Crippen LogP contribution < -0.4 is 0 Å². The summed E-state index contributed by atoms with van der Waals surface area (Å²) in [6.45, 7) is 14.4. The van der Waals surface area contributed by atoms with E-state index in [-0.39, 0.29) is 24.2 Å². The largest absolute Gasteiger partial charge is 0.664 e. The molecule has 24 heavy (non-hydrogen) atoms. The summed E-state index contributed by atoms with van der Waals surface area (Å²) in [5.41, 5.74) is 0. The Hall–Kier alpha value is 0.306. The van der Waals surface area contributed by atoms with Crippen molar-refractivity contribution in [1.82, 2.24) is 9.80 Å². The van der Waals surface area contributed by atoms with Crippen LogP contribution in [0.5, 0.6) is 0 Å². The van der Waals surface area contributed by atoms with Gasteiger partial charge in [-0.05, 0) is 27.2 Å². The monoisotopic (exact) mass is 386 g/mol. The first kappa shape index (κ1) is 29.1. The molecule has 151 valence electrons. The van der Waals surface area contributed by atoms with Crippen LogP contribution in [0.3, 0.4) is 0 Å². The zero-order valence-electron chi connectivity index (χ0n) is 16.8. The van der Waals surface area contributed by atoms with Crippen LogP contribution >= 0.6 is 0 Å². The van der Waals surface area contributed by atoms with Gasteiger partial charge in [-0.25, -0.2) is 0 Å². The fourth-order valence-electron chi connectivity index (χ4n) is 2.07. The Morgan fingerprint density at radius 3 is 1.83 bits per heavy atom. The number of hydrogen-bond donors (Lipinski definition) is 0. The molecule has 1 heterocycles. The molecule has 0 aromatic carbocycles. The molecular formula is C18H41CoN5-4. The van der Waals surface area contributed by atoms with Gasteiger partial charge in [0.15, 0.2) is 0 Å². The third kappa shape index (κ3) is 22.3. The van der Waals surface area contributed by atoms with Crippen LogP contribution in [0, 0.1) is 7.43 Å². The summed E-state index contributed by atoms with van der Waals surface area (Å²) in [7, 11) is 4.26. The first-order chi connectivity index (χ1) is 10.7. The molecule has 1 rings (SSSR count). The normalized spacial score (nSPS) is 18.4. The molecule has 1 saturated heterocycles. The molecule has 6 heteroatoms. The van der Waals surface area contributed by atoms with Crippen LogP contribution in [0.15, 0.2) is 0 Å². The molecule has 0 amide bonds. The summed E-state index contributed by atoms with van der Waals surface area (Å²) in [6, 6.07) is 0. The summed E-state index contributed by atoms with van der Waals surface area (Å²) >= 11 is 0. The number of likely N-dealkylation sites (N-methyl/N-ethyl adjacent to an activating group) is 1. The molecule has 0 atom stereocenters. The molecule has 5 nitrogen and oxygen atoms in total. The van der Waals surface area contributed by atoms with Crippen LogP contribution in [0.4, 0.5) is 0 Å². The predicted octanol–water partition coefficient (Wildman–Crippen LogP) is 3.63. The zero-order valence-corrected chi connectivity index (χ0v) is 17.8. The van der Waals surface area contributed by atoms with Crippen molar-refractivity contribution >= 4 is 0 Å². The molecule has 0 aromatic rings. The topological polar surface area (TPSA) is 48.8 Å². The van der Waals surface area contributed by atoms with Gasteiger partial charge < -0.3 is 33.2 Å². The number of rotatable bonds is 3. The molecule has 1 aliphatic heterocycles. The average Bonchev–Trinajstić information content (AvgIpc) is 2.49. The third-order valence-corrected chi connectivity index (χ3v) is 3.28. The van der Waals surface area contributed by atoms with Gasteiger partial charge in [0, 0.05) is 29.9 Å². The second-order valence-corrected chi connectivity index (χ2v) is 6.07. The maximum absolute atomic E-state index is 4.60. The van der Waals surface area contributed by atoms with E-state index in [0.717, 1.165) is 78.3 Å². The van der Waals surface area contributed by atoms with E-state index in [9.17, 15) is 0 Å². The van der Waals surface area contributed by atoms with Crippen molar-refractivity contribution in [3.63, 3.8) is 0 Å². The molecule has 0 spiro atoms. The van der Waals surface area contributed by atoms with Crippen LogP contribution in [0.1, 0.15) is 33.1 Å². The van der Waals surface area contributed by atoms with Gasteiger partial charge in [0.2, 0.25) is 0 Å². The minimum absolute atomic E-state index is 0. The van der Waals surface area contributed by atoms with Crippen molar-refractivity contribution < 1.29 is 16.8 Å². The van der Waals surface area contributed by atoms with Gasteiger partial charge in [0.25, 0.3) is 0 Å². The van der Waals surface area contributed by atoms with E-state index >= 15 is 0 Å². The van der Waals surface area contributed by atoms with Crippen molar-refractivity contribution in [2.75, 3.05) is 79.5 Å². The van der Waals surface area contributed by atoms with E-state index in [4.69, 9.17) is 0 Å². The average molecular weight is 386 g/mol. The van der Waals surface area contributed by atoms with Gasteiger partial charge in [-0.15, -0.1) is 13.1 Å². The zero-order chi connectivity index (χ0) is 16.5. The van der Waals surface area contributed by atoms with E-state index < -0.39 is 0 Å². The first-order valence-corrected chi connectivity index (χ1v) is 8.97. The van der Waals surface area contributed by atoms with E-state index in [1.807, 2.05) is 0 Å². The molecule has 0 aliphatic carbocycles. The van der Waals surface area contributed by atoms with E-state index in [2.05, 4.69) is 53.7 Å². The van der Waals surface area contributed by atoms with Crippen LogP contribution in [-0.2, 0) is 16.8 Å². The Bertz CT molecular complexity index is 204. The number of hydrogen-bond acceptors (Lipinski definition) is 2. The third-order valence-electron chi connectivity index (χ3n) is 3.28. The Kier molecular flexibility index (Phi) is 28.2. The number of nitrogens with zero attached hydrogens (tertiary/aromatic N) is 5. The summed E-state index contributed by atoms with van der Waals surface area (Å²) in [4.78, 5) is 4.77.